The molecule has 24 heavy (non-hydrogen) atoms. The molecule has 4 nitrogen and oxygen atoms in total. The largest absolute Gasteiger partial charge is 0.326 e. The summed E-state index contributed by atoms with van der Waals surface area (Å²) in [5.41, 5.74) is 6.06. The van der Waals surface area contributed by atoms with Crippen molar-refractivity contribution in [2.24, 2.45) is 0 Å². The number of quaternary nitrogens is 1. The van der Waals surface area contributed by atoms with Gasteiger partial charge in [-0.1, -0.05) is 29.8 Å². The fourth-order valence-corrected chi connectivity index (χ4v) is 2.94. The Bertz CT molecular complexity index is 749. The van der Waals surface area contributed by atoms with E-state index in [-0.39, 0.29) is 5.91 Å². The zero-order chi connectivity index (χ0) is 17.7. The van der Waals surface area contributed by atoms with Gasteiger partial charge in [-0.05, 0) is 44.0 Å². The zero-order valence-corrected chi connectivity index (χ0v) is 14.7. The monoisotopic (exact) mass is 322 g/mol. The maximum atomic E-state index is 12.3. The van der Waals surface area contributed by atoms with Gasteiger partial charge in [0.15, 0.2) is 6.54 Å². The minimum absolute atomic E-state index is 0.0104. The van der Waals surface area contributed by atoms with Crippen molar-refractivity contribution in [2.75, 3.05) is 18.9 Å². The van der Waals surface area contributed by atoms with Gasteiger partial charge in [0, 0.05) is 11.3 Å². The van der Waals surface area contributed by atoms with Crippen LogP contribution in [-0.4, -0.2) is 19.5 Å². The number of amides is 1. The van der Waals surface area contributed by atoms with E-state index in [4.69, 9.17) is 5.26 Å². The van der Waals surface area contributed by atoms with Crippen LogP contribution in [0.2, 0.25) is 0 Å². The maximum Gasteiger partial charge on any atom is 0.279 e. The lowest BCUT2D eigenvalue weighted by atomic mass is 10.1. The molecule has 124 valence electrons. The number of likely N-dealkylation sites (N-methyl/N-ethyl adjacent to an activating group) is 1. The molecular formula is C20H24N3O+. The van der Waals surface area contributed by atoms with Gasteiger partial charge in [0.1, 0.15) is 6.54 Å². The number of nitrogens with one attached hydrogen (secondary N) is 2. The molecule has 0 aliphatic heterocycles. The summed E-state index contributed by atoms with van der Waals surface area (Å²) in [6.07, 6.45) is 0. The van der Waals surface area contributed by atoms with E-state index in [1.807, 2.05) is 45.2 Å². The van der Waals surface area contributed by atoms with Crippen molar-refractivity contribution in [1.82, 2.24) is 0 Å². The summed E-state index contributed by atoms with van der Waals surface area (Å²) in [4.78, 5) is 13.4. The van der Waals surface area contributed by atoms with Crippen molar-refractivity contribution in [3.8, 4) is 6.07 Å². The van der Waals surface area contributed by atoms with Crippen molar-refractivity contribution in [2.45, 2.75) is 27.3 Å². The standard InChI is InChI=1S/C20H23N3O/c1-14-9-15(2)20(16(3)10-14)22-19(24)13-23(4)12-18-7-5-17(11-21)6-8-18/h5-10H,12-13H2,1-4H3,(H,22,24)/p+1. The Labute approximate surface area is 143 Å². The predicted molar refractivity (Wildman–Crippen MR) is 95.9 cm³/mol. The first kappa shape index (κ1) is 17.7. The highest BCUT2D eigenvalue weighted by atomic mass is 16.2. The van der Waals surface area contributed by atoms with E-state index in [1.54, 1.807) is 0 Å². The zero-order valence-electron chi connectivity index (χ0n) is 14.7. The molecule has 0 fully saturated rings. The SMILES string of the molecule is Cc1cc(C)c(NC(=O)C[NH+](C)Cc2ccc(C#N)cc2)c(C)c1. The highest BCUT2D eigenvalue weighted by Crippen LogP contribution is 2.21. The summed E-state index contributed by atoms with van der Waals surface area (Å²) in [6.45, 7) is 7.23. The Balaban J connectivity index is 1.95. The average molecular weight is 322 g/mol. The lowest BCUT2D eigenvalue weighted by Gasteiger charge is -2.16. The lowest BCUT2D eigenvalue weighted by Crippen LogP contribution is -3.08. The molecule has 0 aliphatic rings. The second-order valence-electron chi connectivity index (χ2n) is 6.44. The Hall–Kier alpha value is -2.64. The highest BCUT2D eigenvalue weighted by molar-refractivity contribution is 5.93. The summed E-state index contributed by atoms with van der Waals surface area (Å²) in [6, 6.07) is 13.8. The van der Waals surface area contributed by atoms with Crippen molar-refractivity contribution >= 4 is 11.6 Å². The van der Waals surface area contributed by atoms with E-state index in [2.05, 4.69) is 30.4 Å². The molecule has 2 aromatic rings. The summed E-state index contributed by atoms with van der Waals surface area (Å²) < 4.78 is 0. The van der Waals surface area contributed by atoms with E-state index in [1.165, 1.54) is 5.56 Å². The number of rotatable bonds is 5. The fraction of sp³-hybridized carbons (Fsp3) is 0.300. The third-order valence-electron chi connectivity index (χ3n) is 3.99. The molecule has 1 atom stereocenters. The van der Waals surface area contributed by atoms with Crippen LogP contribution in [0.25, 0.3) is 0 Å². The molecule has 0 aliphatic carbocycles. The number of benzene rings is 2. The molecule has 0 saturated carbocycles. The molecule has 4 heteroatoms. The summed E-state index contributed by atoms with van der Waals surface area (Å²) >= 11 is 0. The van der Waals surface area contributed by atoms with Gasteiger partial charge in [-0.2, -0.15) is 5.26 Å². The minimum Gasteiger partial charge on any atom is -0.326 e. The summed E-state index contributed by atoms with van der Waals surface area (Å²) in [7, 11) is 1.99. The van der Waals surface area contributed by atoms with Crippen LogP contribution in [0.5, 0.6) is 0 Å². The normalized spacial score (nSPS) is 11.6. The van der Waals surface area contributed by atoms with Gasteiger partial charge in [0.25, 0.3) is 5.91 Å². The molecule has 1 unspecified atom stereocenters. The topological polar surface area (TPSA) is 57.3 Å². The lowest BCUT2D eigenvalue weighted by molar-refractivity contribution is -0.885. The number of carbonyl (C=O) groups is 1. The van der Waals surface area contributed by atoms with Gasteiger partial charge in [-0.25, -0.2) is 0 Å². The van der Waals surface area contributed by atoms with E-state index in [9.17, 15) is 4.79 Å². The molecule has 0 saturated heterocycles. The van der Waals surface area contributed by atoms with Crippen molar-refractivity contribution in [3.63, 3.8) is 0 Å². The average Bonchev–Trinajstić information content (AvgIpc) is 2.51. The number of nitrogens with zero attached hydrogens (tertiary/aromatic N) is 1. The number of hydrogen-bond donors (Lipinski definition) is 2. The van der Waals surface area contributed by atoms with Crippen LogP contribution in [-0.2, 0) is 11.3 Å². The van der Waals surface area contributed by atoms with Crippen LogP contribution in [0.15, 0.2) is 36.4 Å². The first-order valence-corrected chi connectivity index (χ1v) is 8.07. The second kappa shape index (κ2) is 7.76. The Morgan fingerprint density at radius 1 is 1.12 bits per heavy atom. The third kappa shape index (κ3) is 4.68. The molecular weight excluding hydrogens is 298 g/mol. The second-order valence-corrected chi connectivity index (χ2v) is 6.44. The van der Waals surface area contributed by atoms with Crippen LogP contribution in [0.3, 0.4) is 0 Å². The predicted octanol–water partition coefficient (Wildman–Crippen LogP) is 2.14. The molecule has 0 bridgehead atoms. The van der Waals surface area contributed by atoms with E-state index >= 15 is 0 Å². The van der Waals surface area contributed by atoms with Gasteiger partial charge >= 0.3 is 0 Å². The van der Waals surface area contributed by atoms with Gasteiger partial charge in [-0.3, -0.25) is 4.79 Å². The quantitative estimate of drug-likeness (QED) is 0.886. The number of nitriles is 1. The Morgan fingerprint density at radius 2 is 1.71 bits per heavy atom. The van der Waals surface area contributed by atoms with Gasteiger partial charge < -0.3 is 10.2 Å². The van der Waals surface area contributed by atoms with Gasteiger partial charge in [0.2, 0.25) is 0 Å². The van der Waals surface area contributed by atoms with Crippen LogP contribution in [0.4, 0.5) is 5.69 Å². The van der Waals surface area contributed by atoms with Crippen LogP contribution in [0, 0.1) is 32.1 Å². The number of hydrogen-bond acceptors (Lipinski definition) is 2. The molecule has 0 spiro atoms. The first-order valence-electron chi connectivity index (χ1n) is 8.07. The van der Waals surface area contributed by atoms with E-state index in [0.29, 0.717) is 12.1 Å². The van der Waals surface area contributed by atoms with E-state index < -0.39 is 0 Å². The summed E-state index contributed by atoms with van der Waals surface area (Å²) in [5.74, 6) is 0.0104. The smallest absolute Gasteiger partial charge is 0.279 e. The molecule has 2 aromatic carbocycles. The molecule has 0 heterocycles. The Morgan fingerprint density at radius 3 is 2.25 bits per heavy atom. The van der Waals surface area contributed by atoms with Crippen LogP contribution >= 0.6 is 0 Å². The minimum atomic E-state index is 0.0104. The van der Waals surface area contributed by atoms with Gasteiger partial charge in [-0.15, -0.1) is 0 Å². The fourth-order valence-electron chi connectivity index (χ4n) is 2.94. The van der Waals surface area contributed by atoms with Crippen molar-refractivity contribution in [3.05, 3.63) is 64.2 Å². The maximum absolute atomic E-state index is 12.3. The molecule has 2 N–H and O–H groups in total. The summed E-state index contributed by atoms with van der Waals surface area (Å²) in [5, 5.41) is 11.9. The third-order valence-corrected chi connectivity index (χ3v) is 3.99. The molecule has 0 aromatic heterocycles. The molecule has 0 radical (unpaired) electrons. The van der Waals surface area contributed by atoms with Crippen molar-refractivity contribution < 1.29 is 9.69 Å². The molecule has 2 rings (SSSR count). The Kier molecular flexibility index (Phi) is 5.73. The van der Waals surface area contributed by atoms with Crippen molar-refractivity contribution in [1.29, 1.82) is 5.26 Å². The number of carbonyl (C=O) groups excluding carboxylic acids is 1. The number of anilines is 1. The number of aryl methyl sites for hydroxylation is 3. The van der Waals surface area contributed by atoms with Gasteiger partial charge in [0.05, 0.1) is 18.7 Å². The molecule has 1 amide bonds. The van der Waals surface area contributed by atoms with Crippen LogP contribution in [0.1, 0.15) is 27.8 Å². The first-order chi connectivity index (χ1) is 11.4. The van der Waals surface area contributed by atoms with Crippen LogP contribution < -0.4 is 10.2 Å². The van der Waals surface area contributed by atoms with E-state index in [0.717, 1.165) is 33.8 Å². The highest BCUT2D eigenvalue weighted by Gasteiger charge is 2.13.